The first-order valence-corrected chi connectivity index (χ1v) is 7.85. The Morgan fingerprint density at radius 2 is 2.23 bits per heavy atom. The average Bonchev–Trinajstić information content (AvgIpc) is 2.93. The number of likely N-dealkylation sites (tertiary alicyclic amines) is 1. The highest BCUT2D eigenvalue weighted by atomic mass is 35.5. The maximum absolute atomic E-state index is 12.7. The molecule has 0 bridgehead atoms. The minimum Gasteiger partial charge on any atom is -0.333 e. The van der Waals surface area contributed by atoms with E-state index in [2.05, 4.69) is 6.58 Å². The third-order valence-electron chi connectivity index (χ3n) is 3.92. The van der Waals surface area contributed by atoms with Crippen molar-refractivity contribution >= 4 is 23.4 Å². The van der Waals surface area contributed by atoms with Crippen LogP contribution in [0.2, 0.25) is 5.02 Å². The van der Waals surface area contributed by atoms with Gasteiger partial charge in [-0.25, -0.2) is 0 Å². The summed E-state index contributed by atoms with van der Waals surface area (Å²) >= 11 is 6.17. The molecule has 0 radical (unpaired) electrons. The van der Waals surface area contributed by atoms with Crippen LogP contribution in [0.4, 0.5) is 0 Å². The van der Waals surface area contributed by atoms with Crippen LogP contribution in [0.3, 0.4) is 0 Å². The highest BCUT2D eigenvalue weighted by Gasteiger charge is 2.31. The van der Waals surface area contributed by atoms with Gasteiger partial charge in [-0.15, -0.1) is 6.58 Å². The van der Waals surface area contributed by atoms with Crippen molar-refractivity contribution < 1.29 is 9.59 Å². The molecule has 1 heterocycles. The zero-order valence-corrected chi connectivity index (χ0v) is 13.6. The topological polar surface area (TPSA) is 40.6 Å². The Balaban J connectivity index is 2.13. The normalized spacial score (nSPS) is 15.7. The molecular formula is C17H21ClN2O2. The van der Waals surface area contributed by atoms with E-state index in [1.165, 1.54) is 0 Å². The number of hydrogen-bond acceptors (Lipinski definition) is 2. The van der Waals surface area contributed by atoms with E-state index in [0.717, 1.165) is 12.0 Å². The van der Waals surface area contributed by atoms with Gasteiger partial charge in [0, 0.05) is 31.1 Å². The van der Waals surface area contributed by atoms with Crippen LogP contribution in [-0.2, 0) is 16.1 Å². The largest absolute Gasteiger partial charge is 0.333 e. The van der Waals surface area contributed by atoms with Gasteiger partial charge >= 0.3 is 0 Å². The molecule has 1 fully saturated rings. The average molecular weight is 321 g/mol. The molecule has 0 aliphatic carbocycles. The fourth-order valence-electron chi connectivity index (χ4n) is 2.70. The van der Waals surface area contributed by atoms with Crippen molar-refractivity contribution in [1.82, 2.24) is 9.80 Å². The van der Waals surface area contributed by atoms with Gasteiger partial charge in [-0.3, -0.25) is 9.59 Å². The molecule has 0 aromatic heterocycles. The summed E-state index contributed by atoms with van der Waals surface area (Å²) in [4.78, 5) is 27.9. The molecule has 22 heavy (non-hydrogen) atoms. The maximum atomic E-state index is 12.7. The summed E-state index contributed by atoms with van der Waals surface area (Å²) in [5.41, 5.74) is 0.888. The van der Waals surface area contributed by atoms with Crippen LogP contribution < -0.4 is 0 Å². The molecule has 1 atom stereocenters. The second-order valence-electron chi connectivity index (χ2n) is 5.47. The van der Waals surface area contributed by atoms with Crippen LogP contribution in [0.1, 0.15) is 25.3 Å². The van der Waals surface area contributed by atoms with Crippen LogP contribution in [-0.4, -0.2) is 40.7 Å². The summed E-state index contributed by atoms with van der Waals surface area (Å²) < 4.78 is 0. The Morgan fingerprint density at radius 1 is 1.50 bits per heavy atom. The van der Waals surface area contributed by atoms with E-state index in [1.807, 2.05) is 18.2 Å². The third kappa shape index (κ3) is 3.69. The molecular weight excluding hydrogens is 300 g/mol. The molecule has 0 unspecified atom stereocenters. The molecule has 118 valence electrons. The molecule has 0 saturated carbocycles. The quantitative estimate of drug-likeness (QED) is 0.756. The lowest BCUT2D eigenvalue weighted by molar-refractivity contribution is -0.142. The van der Waals surface area contributed by atoms with Crippen molar-refractivity contribution in [1.29, 1.82) is 0 Å². The molecule has 5 heteroatoms. The van der Waals surface area contributed by atoms with Crippen molar-refractivity contribution in [3.05, 3.63) is 47.5 Å². The van der Waals surface area contributed by atoms with Crippen molar-refractivity contribution in [3.8, 4) is 0 Å². The molecule has 1 aliphatic heterocycles. The van der Waals surface area contributed by atoms with Crippen molar-refractivity contribution in [3.63, 3.8) is 0 Å². The van der Waals surface area contributed by atoms with Gasteiger partial charge < -0.3 is 9.80 Å². The van der Waals surface area contributed by atoms with E-state index in [9.17, 15) is 9.59 Å². The highest BCUT2D eigenvalue weighted by molar-refractivity contribution is 6.31. The monoisotopic (exact) mass is 320 g/mol. The molecule has 2 amide bonds. The number of rotatable bonds is 6. The molecule has 0 N–H and O–H groups in total. The van der Waals surface area contributed by atoms with Gasteiger partial charge in [-0.05, 0) is 25.0 Å². The number of nitrogens with zero attached hydrogens (tertiary/aromatic N) is 2. The molecule has 1 aliphatic rings. The Kier molecular flexibility index (Phi) is 5.61. The van der Waals surface area contributed by atoms with E-state index in [0.29, 0.717) is 31.1 Å². The summed E-state index contributed by atoms with van der Waals surface area (Å²) in [7, 11) is 0. The number of amides is 2. The molecule has 0 spiro atoms. The lowest BCUT2D eigenvalue weighted by atomic mass is 10.1. The van der Waals surface area contributed by atoms with Crippen LogP contribution in [0.15, 0.2) is 36.9 Å². The Morgan fingerprint density at radius 3 is 2.82 bits per heavy atom. The number of carbonyl (C=O) groups excluding carboxylic acids is 2. The van der Waals surface area contributed by atoms with Crippen LogP contribution in [0.25, 0.3) is 0 Å². The van der Waals surface area contributed by atoms with E-state index in [4.69, 9.17) is 11.6 Å². The molecule has 1 saturated heterocycles. The molecule has 2 rings (SSSR count). The Labute approximate surface area is 136 Å². The maximum Gasteiger partial charge on any atom is 0.245 e. The van der Waals surface area contributed by atoms with Gasteiger partial charge in [0.25, 0.3) is 0 Å². The van der Waals surface area contributed by atoms with Crippen molar-refractivity contribution in [2.45, 2.75) is 32.4 Å². The first-order valence-electron chi connectivity index (χ1n) is 7.47. The van der Waals surface area contributed by atoms with E-state index >= 15 is 0 Å². The molecule has 1 aromatic rings. The minimum atomic E-state index is -0.447. The predicted octanol–water partition coefficient (Wildman–Crippen LogP) is 2.87. The lowest BCUT2D eigenvalue weighted by Gasteiger charge is -2.30. The summed E-state index contributed by atoms with van der Waals surface area (Å²) in [6, 6.07) is 7.01. The highest BCUT2D eigenvalue weighted by Crippen LogP contribution is 2.20. The fraction of sp³-hybridized carbons (Fsp3) is 0.412. The Bertz CT molecular complexity index is 574. The second-order valence-corrected chi connectivity index (χ2v) is 5.87. The zero-order chi connectivity index (χ0) is 16.1. The summed E-state index contributed by atoms with van der Waals surface area (Å²) in [5.74, 6) is -0.0211. The van der Waals surface area contributed by atoms with Gasteiger partial charge in [0.1, 0.15) is 6.04 Å². The smallest absolute Gasteiger partial charge is 0.245 e. The Hall–Kier alpha value is -1.81. The number of carbonyl (C=O) groups is 2. The van der Waals surface area contributed by atoms with Gasteiger partial charge in [0.15, 0.2) is 0 Å². The summed E-state index contributed by atoms with van der Waals surface area (Å²) in [5, 5.41) is 0.634. The van der Waals surface area contributed by atoms with Gasteiger partial charge in [0.2, 0.25) is 11.8 Å². The molecule has 1 aromatic carbocycles. The van der Waals surface area contributed by atoms with Gasteiger partial charge in [0.05, 0.1) is 0 Å². The number of hydrogen-bond donors (Lipinski definition) is 0. The SMILES string of the molecule is C=CCN(Cc1ccccc1Cl)C(=O)[C@H](C)N1CCCC1=O. The van der Waals surface area contributed by atoms with E-state index < -0.39 is 6.04 Å². The van der Waals surface area contributed by atoms with Crippen molar-refractivity contribution in [2.75, 3.05) is 13.1 Å². The minimum absolute atomic E-state index is 0.0529. The fourth-order valence-corrected chi connectivity index (χ4v) is 2.89. The van der Waals surface area contributed by atoms with Crippen LogP contribution in [0.5, 0.6) is 0 Å². The van der Waals surface area contributed by atoms with Gasteiger partial charge in [-0.1, -0.05) is 35.9 Å². The number of halogens is 1. The number of benzene rings is 1. The first kappa shape index (κ1) is 16.6. The lowest BCUT2D eigenvalue weighted by Crippen LogP contribution is -2.47. The first-order chi connectivity index (χ1) is 10.5. The summed E-state index contributed by atoms with van der Waals surface area (Å²) in [6.07, 6.45) is 3.04. The van der Waals surface area contributed by atoms with E-state index in [1.54, 1.807) is 28.9 Å². The molecule has 4 nitrogen and oxygen atoms in total. The van der Waals surface area contributed by atoms with Crippen LogP contribution >= 0.6 is 11.6 Å². The summed E-state index contributed by atoms with van der Waals surface area (Å²) in [6.45, 7) is 6.99. The zero-order valence-electron chi connectivity index (χ0n) is 12.8. The van der Waals surface area contributed by atoms with Crippen molar-refractivity contribution in [2.24, 2.45) is 0 Å². The second kappa shape index (κ2) is 7.45. The standard InChI is InChI=1S/C17H21ClN2O2/c1-3-10-19(12-14-7-4-5-8-15(14)18)17(22)13(2)20-11-6-9-16(20)21/h3-5,7-8,13H,1,6,9-12H2,2H3/t13-/m0/s1. The third-order valence-corrected chi connectivity index (χ3v) is 4.28. The van der Waals surface area contributed by atoms with Gasteiger partial charge in [-0.2, -0.15) is 0 Å². The van der Waals surface area contributed by atoms with E-state index in [-0.39, 0.29) is 11.8 Å². The predicted molar refractivity (Wildman–Crippen MR) is 87.5 cm³/mol. The van der Waals surface area contributed by atoms with Crippen LogP contribution in [0, 0.1) is 0 Å².